The van der Waals surface area contributed by atoms with Crippen molar-refractivity contribution >= 4 is 5.69 Å². The predicted octanol–water partition coefficient (Wildman–Crippen LogP) is 2.63. The zero-order valence-corrected chi connectivity index (χ0v) is 8.28. The molecule has 1 unspecified atom stereocenters. The monoisotopic (exact) mass is 234 g/mol. The number of nitro groups is 1. The largest absolute Gasteiger partial charge is 0.416 e. The number of alkyl halides is 3. The summed E-state index contributed by atoms with van der Waals surface area (Å²) >= 11 is 0. The molecule has 16 heavy (non-hydrogen) atoms. The Morgan fingerprint density at radius 2 is 2.00 bits per heavy atom. The molecule has 0 spiro atoms. The van der Waals surface area contributed by atoms with Gasteiger partial charge in [0.1, 0.15) is 0 Å². The lowest BCUT2D eigenvalue weighted by Gasteiger charge is -2.11. The molecule has 2 N–H and O–H groups in total. The summed E-state index contributed by atoms with van der Waals surface area (Å²) in [5.74, 6) is 0. The maximum atomic E-state index is 12.3. The van der Waals surface area contributed by atoms with Crippen molar-refractivity contribution in [3.63, 3.8) is 0 Å². The molecule has 0 radical (unpaired) electrons. The Kier molecular flexibility index (Phi) is 3.06. The molecular weight excluding hydrogens is 225 g/mol. The van der Waals surface area contributed by atoms with Gasteiger partial charge in [-0.25, -0.2) is 0 Å². The van der Waals surface area contributed by atoms with E-state index in [4.69, 9.17) is 5.73 Å². The van der Waals surface area contributed by atoms with Crippen LogP contribution in [-0.2, 0) is 6.18 Å². The third kappa shape index (κ3) is 2.41. The van der Waals surface area contributed by atoms with E-state index >= 15 is 0 Å². The number of rotatable bonds is 2. The highest BCUT2D eigenvalue weighted by Crippen LogP contribution is 2.33. The van der Waals surface area contributed by atoms with Gasteiger partial charge in [-0.2, -0.15) is 13.2 Å². The second-order valence-corrected chi connectivity index (χ2v) is 3.30. The summed E-state index contributed by atoms with van der Waals surface area (Å²) in [6, 6.07) is 1.40. The van der Waals surface area contributed by atoms with Crippen LogP contribution in [0.25, 0.3) is 0 Å². The first-order valence-electron chi connectivity index (χ1n) is 4.33. The molecule has 0 heterocycles. The zero-order chi connectivity index (χ0) is 12.5. The average Bonchev–Trinajstić information content (AvgIpc) is 2.15. The van der Waals surface area contributed by atoms with Crippen molar-refractivity contribution in [1.82, 2.24) is 0 Å². The highest BCUT2D eigenvalue weighted by molar-refractivity contribution is 5.50. The first-order chi connectivity index (χ1) is 7.23. The quantitative estimate of drug-likeness (QED) is 0.485. The topological polar surface area (TPSA) is 69.2 Å². The fourth-order valence-electron chi connectivity index (χ4n) is 1.25. The van der Waals surface area contributed by atoms with Crippen LogP contribution < -0.4 is 5.73 Å². The van der Waals surface area contributed by atoms with Gasteiger partial charge in [0.2, 0.25) is 6.04 Å². The first kappa shape index (κ1) is 12.3. The van der Waals surface area contributed by atoms with Crippen molar-refractivity contribution < 1.29 is 18.1 Å². The van der Waals surface area contributed by atoms with Crippen LogP contribution in [0.5, 0.6) is 0 Å². The Morgan fingerprint density at radius 1 is 1.44 bits per heavy atom. The summed E-state index contributed by atoms with van der Waals surface area (Å²) in [5.41, 5.74) is 4.30. The number of nitrogen functional groups attached to an aromatic ring is 1. The molecule has 4 nitrogen and oxygen atoms in total. The number of hydrogen-bond donors (Lipinski definition) is 1. The van der Waals surface area contributed by atoms with Crippen LogP contribution in [0.3, 0.4) is 0 Å². The number of nitrogens with zero attached hydrogens (tertiary/aromatic N) is 1. The molecular formula is C9H9F3N2O2. The van der Waals surface area contributed by atoms with E-state index in [-0.39, 0.29) is 11.3 Å². The summed E-state index contributed by atoms with van der Waals surface area (Å²) < 4.78 is 36.8. The molecule has 1 aromatic carbocycles. The molecule has 0 aliphatic carbocycles. The van der Waals surface area contributed by atoms with Gasteiger partial charge in [-0.05, 0) is 18.2 Å². The van der Waals surface area contributed by atoms with E-state index in [9.17, 15) is 23.3 Å². The number of nitrogens with two attached hydrogens (primary N) is 1. The lowest BCUT2D eigenvalue weighted by Crippen LogP contribution is -2.11. The van der Waals surface area contributed by atoms with Crippen LogP contribution >= 0.6 is 0 Å². The van der Waals surface area contributed by atoms with Crippen molar-refractivity contribution in [3.05, 3.63) is 39.4 Å². The Morgan fingerprint density at radius 3 is 2.38 bits per heavy atom. The molecule has 0 fully saturated rings. The van der Waals surface area contributed by atoms with Crippen molar-refractivity contribution in [2.75, 3.05) is 5.73 Å². The number of benzene rings is 1. The average molecular weight is 234 g/mol. The predicted molar refractivity (Wildman–Crippen MR) is 51.3 cm³/mol. The second-order valence-electron chi connectivity index (χ2n) is 3.30. The van der Waals surface area contributed by atoms with E-state index < -0.39 is 22.7 Å². The van der Waals surface area contributed by atoms with E-state index in [1.54, 1.807) is 0 Å². The third-order valence-corrected chi connectivity index (χ3v) is 2.18. The van der Waals surface area contributed by atoms with Crippen LogP contribution in [0.4, 0.5) is 18.9 Å². The van der Waals surface area contributed by atoms with Gasteiger partial charge >= 0.3 is 6.18 Å². The third-order valence-electron chi connectivity index (χ3n) is 2.18. The molecule has 1 aromatic rings. The van der Waals surface area contributed by atoms with Crippen LogP contribution in [0.1, 0.15) is 24.1 Å². The van der Waals surface area contributed by atoms with Crippen molar-refractivity contribution in [2.24, 2.45) is 0 Å². The van der Waals surface area contributed by atoms with Crippen LogP contribution in [0.2, 0.25) is 0 Å². The van der Waals surface area contributed by atoms with E-state index in [1.807, 2.05) is 0 Å². The van der Waals surface area contributed by atoms with E-state index in [0.29, 0.717) is 6.07 Å². The molecule has 0 aromatic heterocycles. The smallest absolute Gasteiger partial charge is 0.398 e. The molecule has 0 amide bonds. The molecule has 1 atom stereocenters. The minimum absolute atomic E-state index is 0.0815. The molecule has 7 heteroatoms. The molecule has 88 valence electrons. The zero-order valence-electron chi connectivity index (χ0n) is 8.28. The first-order valence-corrected chi connectivity index (χ1v) is 4.33. The molecule has 0 saturated heterocycles. The Hall–Kier alpha value is -1.79. The van der Waals surface area contributed by atoms with Gasteiger partial charge in [0, 0.05) is 23.1 Å². The lowest BCUT2D eigenvalue weighted by atomic mass is 10.0. The highest BCUT2D eigenvalue weighted by atomic mass is 19.4. The van der Waals surface area contributed by atoms with Crippen molar-refractivity contribution in [2.45, 2.75) is 19.1 Å². The number of anilines is 1. The minimum Gasteiger partial charge on any atom is -0.398 e. The summed E-state index contributed by atoms with van der Waals surface area (Å²) in [6.45, 7) is 1.26. The molecule has 0 aliphatic rings. The van der Waals surface area contributed by atoms with Crippen LogP contribution in [0.15, 0.2) is 18.2 Å². The molecule has 1 rings (SSSR count). The molecule has 0 aliphatic heterocycles. The SMILES string of the molecule is CC(c1ccc(C(F)(F)F)cc1N)[N+](=O)[O-]. The van der Waals surface area contributed by atoms with E-state index in [0.717, 1.165) is 12.1 Å². The van der Waals surface area contributed by atoms with Gasteiger partial charge in [0.05, 0.1) is 5.56 Å². The van der Waals surface area contributed by atoms with Gasteiger partial charge in [-0.3, -0.25) is 10.1 Å². The van der Waals surface area contributed by atoms with Gasteiger partial charge in [0.15, 0.2) is 0 Å². The lowest BCUT2D eigenvalue weighted by molar-refractivity contribution is -0.524. The Labute approximate surface area is 89.0 Å². The number of halogens is 3. The maximum Gasteiger partial charge on any atom is 0.416 e. The van der Waals surface area contributed by atoms with Gasteiger partial charge in [-0.15, -0.1) is 0 Å². The van der Waals surface area contributed by atoms with Crippen LogP contribution in [0, 0.1) is 10.1 Å². The Balaban J connectivity index is 3.15. The summed E-state index contributed by atoms with van der Waals surface area (Å²) in [6.07, 6.45) is -4.50. The molecule has 0 saturated carbocycles. The Bertz CT molecular complexity index is 418. The summed E-state index contributed by atoms with van der Waals surface area (Å²) in [5, 5.41) is 10.5. The highest BCUT2D eigenvalue weighted by Gasteiger charge is 2.31. The normalized spacial score (nSPS) is 13.5. The van der Waals surface area contributed by atoms with Crippen LogP contribution in [-0.4, -0.2) is 4.92 Å². The van der Waals surface area contributed by atoms with E-state index in [1.165, 1.54) is 6.92 Å². The summed E-state index contributed by atoms with van der Waals surface area (Å²) in [7, 11) is 0. The standard InChI is InChI=1S/C9H9F3N2O2/c1-5(14(15)16)7-3-2-6(4-8(7)13)9(10,11)12/h2-5H,13H2,1H3. The van der Waals surface area contributed by atoms with Gasteiger partial charge in [0.25, 0.3) is 0 Å². The van der Waals surface area contributed by atoms with Gasteiger partial charge < -0.3 is 5.73 Å². The minimum atomic E-state index is -4.50. The molecule has 0 bridgehead atoms. The fourth-order valence-corrected chi connectivity index (χ4v) is 1.25. The fraction of sp³-hybridized carbons (Fsp3) is 0.333. The summed E-state index contributed by atoms with van der Waals surface area (Å²) in [4.78, 5) is 9.85. The van der Waals surface area contributed by atoms with E-state index in [2.05, 4.69) is 0 Å². The van der Waals surface area contributed by atoms with Gasteiger partial charge in [-0.1, -0.05) is 0 Å². The van der Waals surface area contributed by atoms with Crippen molar-refractivity contribution in [1.29, 1.82) is 0 Å². The second kappa shape index (κ2) is 3.99. The van der Waals surface area contributed by atoms with Crippen molar-refractivity contribution in [3.8, 4) is 0 Å². The maximum absolute atomic E-state index is 12.3. The number of hydrogen-bond acceptors (Lipinski definition) is 3.